The Bertz CT molecular complexity index is 934. The molecule has 1 aromatic carbocycles. The molecule has 3 rings (SSSR count). The van der Waals surface area contributed by atoms with Crippen LogP contribution in [-0.4, -0.2) is 49.0 Å². The minimum Gasteiger partial charge on any atom is -0.497 e. The lowest BCUT2D eigenvalue weighted by Gasteiger charge is -2.30. The van der Waals surface area contributed by atoms with Crippen molar-refractivity contribution in [2.75, 3.05) is 32.6 Å². The number of benzene rings is 1. The van der Waals surface area contributed by atoms with E-state index in [1.54, 1.807) is 43.5 Å². The van der Waals surface area contributed by atoms with Crippen LogP contribution in [0.25, 0.3) is 6.08 Å². The highest BCUT2D eigenvalue weighted by molar-refractivity contribution is 5.93. The van der Waals surface area contributed by atoms with Crippen LogP contribution >= 0.6 is 0 Å². The van der Waals surface area contributed by atoms with E-state index in [1.165, 1.54) is 0 Å². The molecule has 7 heteroatoms. The first-order chi connectivity index (χ1) is 14.5. The normalized spacial score (nSPS) is 14.6. The summed E-state index contributed by atoms with van der Waals surface area (Å²) >= 11 is 0. The number of nitrogens with one attached hydrogen (secondary N) is 1. The molecule has 1 N–H and O–H groups in total. The molecule has 0 spiro atoms. The van der Waals surface area contributed by atoms with Gasteiger partial charge in [0.2, 0.25) is 11.8 Å². The number of piperidine rings is 1. The number of aromatic nitrogens is 1. The SMILES string of the molecule is COc1ccc(C=CC(=O)N2CCC(C(=O)Nc3cc(C)ccn3)CC2)c(OC)c1. The molecule has 1 aromatic heterocycles. The Morgan fingerprint density at radius 3 is 2.57 bits per heavy atom. The average molecular weight is 409 g/mol. The lowest BCUT2D eigenvalue weighted by atomic mass is 9.95. The van der Waals surface area contributed by atoms with Crippen molar-refractivity contribution in [3.63, 3.8) is 0 Å². The second-order valence-electron chi connectivity index (χ2n) is 7.25. The fraction of sp³-hybridized carbons (Fsp3) is 0.348. The quantitative estimate of drug-likeness (QED) is 0.741. The molecule has 1 fully saturated rings. The monoisotopic (exact) mass is 409 g/mol. The number of nitrogens with zero attached hydrogens (tertiary/aromatic N) is 2. The summed E-state index contributed by atoms with van der Waals surface area (Å²) in [5.41, 5.74) is 1.84. The van der Waals surface area contributed by atoms with E-state index in [-0.39, 0.29) is 17.7 Å². The molecule has 0 aliphatic carbocycles. The van der Waals surface area contributed by atoms with Gasteiger partial charge in [-0.05, 0) is 55.7 Å². The van der Waals surface area contributed by atoms with Crippen molar-refractivity contribution in [3.05, 3.63) is 53.7 Å². The van der Waals surface area contributed by atoms with Crippen molar-refractivity contribution in [2.24, 2.45) is 5.92 Å². The highest BCUT2D eigenvalue weighted by Crippen LogP contribution is 2.26. The molecule has 0 atom stereocenters. The maximum absolute atomic E-state index is 12.6. The number of pyridine rings is 1. The topological polar surface area (TPSA) is 80.8 Å². The Balaban J connectivity index is 1.54. The highest BCUT2D eigenvalue weighted by atomic mass is 16.5. The Morgan fingerprint density at radius 2 is 1.90 bits per heavy atom. The van der Waals surface area contributed by atoms with Crippen LogP contribution in [0.3, 0.4) is 0 Å². The van der Waals surface area contributed by atoms with E-state index in [0.29, 0.717) is 43.2 Å². The summed E-state index contributed by atoms with van der Waals surface area (Å²) in [5, 5.41) is 2.87. The summed E-state index contributed by atoms with van der Waals surface area (Å²) in [6.07, 6.45) is 6.22. The highest BCUT2D eigenvalue weighted by Gasteiger charge is 2.26. The molecule has 1 aliphatic rings. The first-order valence-electron chi connectivity index (χ1n) is 9.92. The molecule has 0 saturated carbocycles. The molecular weight excluding hydrogens is 382 g/mol. The number of likely N-dealkylation sites (tertiary alicyclic amines) is 1. The second-order valence-corrected chi connectivity index (χ2v) is 7.25. The molecule has 158 valence electrons. The number of carbonyl (C=O) groups is 2. The van der Waals surface area contributed by atoms with Gasteiger partial charge in [0, 0.05) is 42.9 Å². The number of methoxy groups -OCH3 is 2. The third-order valence-electron chi connectivity index (χ3n) is 5.19. The van der Waals surface area contributed by atoms with E-state index in [0.717, 1.165) is 11.1 Å². The maximum atomic E-state index is 12.6. The third-order valence-corrected chi connectivity index (χ3v) is 5.19. The first kappa shape index (κ1) is 21.4. The number of amides is 2. The lowest BCUT2D eigenvalue weighted by molar-refractivity contribution is -0.130. The van der Waals surface area contributed by atoms with E-state index < -0.39 is 0 Å². The molecule has 7 nitrogen and oxygen atoms in total. The van der Waals surface area contributed by atoms with Gasteiger partial charge in [-0.25, -0.2) is 4.98 Å². The summed E-state index contributed by atoms with van der Waals surface area (Å²) in [4.78, 5) is 31.0. The Kier molecular flexibility index (Phi) is 7.06. The lowest BCUT2D eigenvalue weighted by Crippen LogP contribution is -2.40. The summed E-state index contributed by atoms with van der Waals surface area (Å²) in [5.74, 6) is 1.65. The number of aryl methyl sites for hydroxylation is 1. The number of ether oxygens (including phenoxy) is 2. The molecule has 0 radical (unpaired) electrons. The fourth-order valence-corrected chi connectivity index (χ4v) is 3.42. The first-order valence-corrected chi connectivity index (χ1v) is 9.92. The van der Waals surface area contributed by atoms with Gasteiger partial charge in [0.05, 0.1) is 14.2 Å². The summed E-state index contributed by atoms with van der Waals surface area (Å²) in [7, 11) is 3.17. The van der Waals surface area contributed by atoms with Gasteiger partial charge in [-0.1, -0.05) is 0 Å². The molecule has 0 bridgehead atoms. The predicted octanol–water partition coefficient (Wildman–Crippen LogP) is 3.30. The predicted molar refractivity (Wildman–Crippen MR) is 115 cm³/mol. The smallest absolute Gasteiger partial charge is 0.246 e. The van der Waals surface area contributed by atoms with Crippen LogP contribution in [0.5, 0.6) is 11.5 Å². The molecule has 0 unspecified atom stereocenters. The van der Waals surface area contributed by atoms with Crippen LogP contribution < -0.4 is 14.8 Å². The van der Waals surface area contributed by atoms with Crippen molar-refractivity contribution in [3.8, 4) is 11.5 Å². The van der Waals surface area contributed by atoms with E-state index in [4.69, 9.17) is 9.47 Å². The minimum absolute atomic E-state index is 0.0429. The van der Waals surface area contributed by atoms with E-state index >= 15 is 0 Å². The standard InChI is InChI=1S/C23H27N3O4/c1-16-8-11-24-21(14-16)25-23(28)18-9-12-26(13-10-18)22(27)7-5-17-4-6-19(29-2)15-20(17)30-3/h4-8,11,14-15,18H,9-10,12-13H2,1-3H3,(H,24,25,28). The van der Waals surface area contributed by atoms with Crippen molar-refractivity contribution < 1.29 is 19.1 Å². The van der Waals surface area contributed by atoms with E-state index in [9.17, 15) is 9.59 Å². The molecular formula is C23H27N3O4. The van der Waals surface area contributed by atoms with Gasteiger partial charge in [0.15, 0.2) is 0 Å². The van der Waals surface area contributed by atoms with Crippen LogP contribution in [0.1, 0.15) is 24.0 Å². The van der Waals surface area contributed by atoms with Crippen LogP contribution in [0.15, 0.2) is 42.6 Å². The van der Waals surface area contributed by atoms with Gasteiger partial charge in [0.1, 0.15) is 17.3 Å². The van der Waals surface area contributed by atoms with Crippen molar-refractivity contribution in [1.82, 2.24) is 9.88 Å². The molecule has 30 heavy (non-hydrogen) atoms. The maximum Gasteiger partial charge on any atom is 0.246 e. The fourth-order valence-electron chi connectivity index (χ4n) is 3.42. The van der Waals surface area contributed by atoms with Crippen molar-refractivity contribution >= 4 is 23.7 Å². The van der Waals surface area contributed by atoms with Crippen LogP contribution in [0.4, 0.5) is 5.82 Å². The van der Waals surface area contributed by atoms with Gasteiger partial charge in [0.25, 0.3) is 0 Å². The molecule has 2 amide bonds. The number of anilines is 1. The van der Waals surface area contributed by atoms with Crippen LogP contribution in [0.2, 0.25) is 0 Å². The molecule has 2 aromatic rings. The van der Waals surface area contributed by atoms with Crippen LogP contribution in [-0.2, 0) is 9.59 Å². The van der Waals surface area contributed by atoms with Gasteiger partial charge in [-0.2, -0.15) is 0 Å². The Labute approximate surface area is 176 Å². The van der Waals surface area contributed by atoms with Crippen molar-refractivity contribution in [1.29, 1.82) is 0 Å². The number of rotatable bonds is 6. The Morgan fingerprint density at radius 1 is 1.13 bits per heavy atom. The zero-order valence-electron chi connectivity index (χ0n) is 17.6. The van der Waals surface area contributed by atoms with Gasteiger partial charge in [-0.3, -0.25) is 9.59 Å². The molecule has 1 saturated heterocycles. The van der Waals surface area contributed by atoms with Gasteiger partial charge >= 0.3 is 0 Å². The number of carbonyl (C=O) groups excluding carboxylic acids is 2. The van der Waals surface area contributed by atoms with Crippen molar-refractivity contribution in [2.45, 2.75) is 19.8 Å². The molecule has 2 heterocycles. The largest absolute Gasteiger partial charge is 0.497 e. The van der Waals surface area contributed by atoms with E-state index in [1.807, 2.05) is 31.2 Å². The zero-order chi connectivity index (χ0) is 21.5. The van der Waals surface area contributed by atoms with Crippen LogP contribution in [0, 0.1) is 12.8 Å². The number of hydrogen-bond donors (Lipinski definition) is 1. The summed E-state index contributed by atoms with van der Waals surface area (Å²) < 4.78 is 10.5. The zero-order valence-corrected chi connectivity index (χ0v) is 17.6. The average Bonchev–Trinajstić information content (AvgIpc) is 2.77. The summed E-state index contributed by atoms with van der Waals surface area (Å²) in [6.45, 7) is 3.04. The molecule has 1 aliphatic heterocycles. The summed E-state index contributed by atoms with van der Waals surface area (Å²) in [6, 6.07) is 9.16. The van der Waals surface area contributed by atoms with Gasteiger partial charge < -0.3 is 19.7 Å². The minimum atomic E-state index is -0.123. The van der Waals surface area contributed by atoms with Gasteiger partial charge in [-0.15, -0.1) is 0 Å². The Hall–Kier alpha value is -3.35. The second kappa shape index (κ2) is 9.91. The number of hydrogen-bond acceptors (Lipinski definition) is 5. The van der Waals surface area contributed by atoms with E-state index in [2.05, 4.69) is 10.3 Å². The third kappa shape index (κ3) is 5.37.